The van der Waals surface area contributed by atoms with Gasteiger partial charge in [0.25, 0.3) is 0 Å². The highest BCUT2D eigenvalue weighted by atomic mass is 16.5. The number of carbonyl (C=O) groups is 1. The molecule has 1 radical (unpaired) electrons. The van der Waals surface area contributed by atoms with E-state index >= 15 is 0 Å². The summed E-state index contributed by atoms with van der Waals surface area (Å²) in [5.41, 5.74) is 0. The summed E-state index contributed by atoms with van der Waals surface area (Å²) in [7, 11) is 0. The minimum Gasteiger partial charge on any atom is -0.466 e. The Morgan fingerprint density at radius 1 is 0.548 bits per heavy atom. The van der Waals surface area contributed by atoms with Crippen molar-refractivity contribution in [3.63, 3.8) is 0 Å². The van der Waals surface area contributed by atoms with E-state index < -0.39 is 0 Å². The molecule has 0 saturated heterocycles. The van der Waals surface area contributed by atoms with E-state index in [2.05, 4.69) is 6.92 Å². The quantitative estimate of drug-likeness (QED) is 0.100. The summed E-state index contributed by atoms with van der Waals surface area (Å²) in [6.45, 7) is 2.87. The van der Waals surface area contributed by atoms with Gasteiger partial charge >= 0.3 is 5.97 Å². The van der Waals surface area contributed by atoms with Crippen molar-refractivity contribution in [1.82, 2.24) is 0 Å². The second-order valence-electron chi connectivity index (χ2n) is 9.29. The van der Waals surface area contributed by atoms with Crippen LogP contribution >= 0.6 is 0 Å². The van der Waals surface area contributed by atoms with Crippen LogP contribution in [0.15, 0.2) is 0 Å². The normalized spacial score (nSPS) is 11.0. The highest BCUT2D eigenvalue weighted by Gasteiger charge is 2.02. The Balaban J connectivity index is 3.14. The van der Waals surface area contributed by atoms with Gasteiger partial charge in [0.15, 0.2) is 6.29 Å². The average molecular weight is 438 g/mol. The molecule has 0 fully saturated rings. The Kier molecular flexibility index (Phi) is 26.4. The first-order chi connectivity index (χ1) is 15.3. The zero-order valence-electron chi connectivity index (χ0n) is 20.9. The number of hydrogen-bond acceptors (Lipinski definition) is 3. The van der Waals surface area contributed by atoms with Crippen LogP contribution in [0, 0.1) is 0 Å². The Labute approximate surface area is 194 Å². The van der Waals surface area contributed by atoms with Crippen molar-refractivity contribution < 1.29 is 14.3 Å². The van der Waals surface area contributed by atoms with Crippen LogP contribution in [0.25, 0.3) is 0 Å². The molecular formula is C28H53O3. The Morgan fingerprint density at radius 3 is 1.39 bits per heavy atom. The topological polar surface area (TPSA) is 43.4 Å². The van der Waals surface area contributed by atoms with Gasteiger partial charge in [0.2, 0.25) is 0 Å². The first kappa shape index (κ1) is 30.1. The molecule has 0 aromatic heterocycles. The van der Waals surface area contributed by atoms with Crippen molar-refractivity contribution in [2.45, 2.75) is 161 Å². The average Bonchev–Trinajstić information content (AvgIpc) is 2.77. The zero-order chi connectivity index (χ0) is 22.7. The molecule has 0 amide bonds. The second kappa shape index (κ2) is 27.2. The predicted octanol–water partition coefficient (Wildman–Crippen LogP) is 9.02. The molecule has 0 saturated carbocycles. The molecular weight excluding hydrogens is 384 g/mol. The van der Waals surface area contributed by atoms with Gasteiger partial charge in [0.05, 0.1) is 6.61 Å². The van der Waals surface area contributed by atoms with E-state index in [1.165, 1.54) is 122 Å². The molecule has 0 aliphatic carbocycles. The second-order valence-corrected chi connectivity index (χ2v) is 9.29. The van der Waals surface area contributed by atoms with Crippen molar-refractivity contribution in [2.24, 2.45) is 0 Å². The molecule has 0 rings (SSSR count). The van der Waals surface area contributed by atoms with Crippen LogP contribution in [-0.2, 0) is 14.3 Å². The monoisotopic (exact) mass is 437 g/mol. The van der Waals surface area contributed by atoms with Gasteiger partial charge in [0.1, 0.15) is 0 Å². The van der Waals surface area contributed by atoms with Crippen LogP contribution in [0.1, 0.15) is 161 Å². The Morgan fingerprint density at radius 2 is 0.935 bits per heavy atom. The minimum absolute atomic E-state index is 0.00181. The summed E-state index contributed by atoms with van der Waals surface area (Å²) in [4.78, 5) is 21.9. The summed E-state index contributed by atoms with van der Waals surface area (Å²) < 4.78 is 5.37. The Hall–Kier alpha value is -0.860. The van der Waals surface area contributed by atoms with Crippen LogP contribution in [0.3, 0.4) is 0 Å². The van der Waals surface area contributed by atoms with Crippen LogP contribution in [0.5, 0.6) is 0 Å². The molecule has 0 aliphatic rings. The van der Waals surface area contributed by atoms with Gasteiger partial charge in [-0.3, -0.25) is 9.59 Å². The molecule has 0 aromatic rings. The van der Waals surface area contributed by atoms with E-state index in [1.807, 2.05) is 6.29 Å². The molecule has 31 heavy (non-hydrogen) atoms. The molecule has 183 valence electrons. The fourth-order valence-electron chi connectivity index (χ4n) is 4.08. The number of esters is 1. The SMILES string of the molecule is CCCCCCCCCCCCCC(=O)OCCCCCCCCCCCCC[C]=O. The summed E-state index contributed by atoms with van der Waals surface area (Å²) in [6, 6.07) is 0. The van der Waals surface area contributed by atoms with Gasteiger partial charge in [-0.2, -0.15) is 0 Å². The summed E-state index contributed by atoms with van der Waals surface area (Å²) in [5, 5.41) is 0. The van der Waals surface area contributed by atoms with E-state index in [1.54, 1.807) is 0 Å². The standard InChI is InChI=1S/C28H53O3/c1-2-3-4-5-6-7-10-13-16-19-22-25-28(30)31-27-24-21-18-15-12-9-8-11-14-17-20-23-26-29/h2-25,27H2,1H3. The molecule has 0 unspecified atom stereocenters. The number of ether oxygens (including phenoxy) is 1. The molecule has 3 heteroatoms. The fourth-order valence-corrected chi connectivity index (χ4v) is 4.08. The van der Waals surface area contributed by atoms with Gasteiger partial charge < -0.3 is 4.74 Å². The highest BCUT2D eigenvalue weighted by Crippen LogP contribution is 2.13. The lowest BCUT2D eigenvalue weighted by Gasteiger charge is -2.06. The van der Waals surface area contributed by atoms with Crippen LogP contribution in [0.2, 0.25) is 0 Å². The summed E-state index contributed by atoms with van der Waals surface area (Å²) in [6.07, 6.45) is 31.0. The maximum Gasteiger partial charge on any atom is 0.305 e. The lowest BCUT2D eigenvalue weighted by atomic mass is 10.1. The van der Waals surface area contributed by atoms with Gasteiger partial charge in [-0.1, -0.05) is 129 Å². The van der Waals surface area contributed by atoms with E-state index in [4.69, 9.17) is 4.74 Å². The first-order valence-electron chi connectivity index (χ1n) is 13.8. The third-order valence-electron chi connectivity index (χ3n) is 6.17. The number of hydrogen-bond donors (Lipinski definition) is 0. The molecule has 0 atom stereocenters. The molecule has 0 bridgehead atoms. The van der Waals surface area contributed by atoms with Crippen molar-refractivity contribution in [3.05, 3.63) is 0 Å². The molecule has 3 nitrogen and oxygen atoms in total. The van der Waals surface area contributed by atoms with E-state index in [9.17, 15) is 9.59 Å². The molecule has 0 N–H and O–H groups in total. The molecule has 0 aromatic carbocycles. The molecule has 0 heterocycles. The highest BCUT2D eigenvalue weighted by molar-refractivity contribution is 5.69. The maximum absolute atomic E-state index is 11.8. The number of rotatable bonds is 26. The van der Waals surface area contributed by atoms with Gasteiger partial charge in [0, 0.05) is 12.8 Å². The predicted molar refractivity (Wildman–Crippen MR) is 133 cm³/mol. The smallest absolute Gasteiger partial charge is 0.305 e. The van der Waals surface area contributed by atoms with Crippen molar-refractivity contribution in [1.29, 1.82) is 0 Å². The number of carbonyl (C=O) groups excluding carboxylic acids is 2. The fraction of sp³-hybridized carbons (Fsp3) is 0.929. The third kappa shape index (κ3) is 27.1. The largest absolute Gasteiger partial charge is 0.466 e. The zero-order valence-corrected chi connectivity index (χ0v) is 20.9. The maximum atomic E-state index is 11.8. The minimum atomic E-state index is 0.00181. The Bertz CT molecular complexity index is 367. The summed E-state index contributed by atoms with van der Waals surface area (Å²) >= 11 is 0. The van der Waals surface area contributed by atoms with Crippen molar-refractivity contribution in [2.75, 3.05) is 6.61 Å². The van der Waals surface area contributed by atoms with Crippen molar-refractivity contribution >= 4 is 12.3 Å². The van der Waals surface area contributed by atoms with Crippen LogP contribution < -0.4 is 0 Å². The van der Waals surface area contributed by atoms with Gasteiger partial charge in [-0.05, 0) is 19.3 Å². The van der Waals surface area contributed by atoms with E-state index in [0.29, 0.717) is 19.4 Å². The van der Waals surface area contributed by atoms with E-state index in [0.717, 1.165) is 19.3 Å². The molecule has 0 aliphatic heterocycles. The van der Waals surface area contributed by atoms with Crippen LogP contribution in [-0.4, -0.2) is 18.9 Å². The van der Waals surface area contributed by atoms with Gasteiger partial charge in [-0.25, -0.2) is 0 Å². The lowest BCUT2D eigenvalue weighted by Crippen LogP contribution is -2.05. The van der Waals surface area contributed by atoms with Gasteiger partial charge in [-0.15, -0.1) is 0 Å². The third-order valence-corrected chi connectivity index (χ3v) is 6.17. The van der Waals surface area contributed by atoms with E-state index in [-0.39, 0.29) is 5.97 Å². The first-order valence-corrected chi connectivity index (χ1v) is 13.8. The van der Waals surface area contributed by atoms with Crippen molar-refractivity contribution in [3.8, 4) is 0 Å². The lowest BCUT2D eigenvalue weighted by molar-refractivity contribution is -0.143. The van der Waals surface area contributed by atoms with Crippen LogP contribution in [0.4, 0.5) is 0 Å². The molecule has 0 spiro atoms. The summed E-state index contributed by atoms with van der Waals surface area (Å²) in [5.74, 6) is 0.00181. The number of unbranched alkanes of at least 4 members (excludes halogenated alkanes) is 21.